The number of methoxy groups -OCH3 is 1. The van der Waals surface area contributed by atoms with Gasteiger partial charge in [-0.3, -0.25) is 9.59 Å². The van der Waals surface area contributed by atoms with Crippen LogP contribution in [0.5, 0.6) is 11.5 Å². The number of allylic oxidation sites excluding steroid dienone is 1. The lowest BCUT2D eigenvalue weighted by Gasteiger charge is -2.21. The first-order chi connectivity index (χ1) is 14.5. The van der Waals surface area contributed by atoms with Gasteiger partial charge < -0.3 is 19.1 Å². The molecule has 2 aliphatic rings. The lowest BCUT2D eigenvalue weighted by Crippen LogP contribution is -2.31. The Kier molecular flexibility index (Phi) is 5.48. The van der Waals surface area contributed by atoms with Gasteiger partial charge in [-0.2, -0.15) is 0 Å². The first-order valence-corrected chi connectivity index (χ1v) is 9.97. The summed E-state index contributed by atoms with van der Waals surface area (Å²) in [5.41, 5.74) is 3.96. The molecule has 0 N–H and O–H groups in total. The van der Waals surface area contributed by atoms with E-state index in [-0.39, 0.29) is 18.6 Å². The number of hydrogen-bond donors (Lipinski definition) is 0. The van der Waals surface area contributed by atoms with Crippen LogP contribution in [-0.2, 0) is 20.9 Å². The quantitative estimate of drug-likeness (QED) is 0.559. The molecule has 1 fully saturated rings. The Labute approximate surface area is 176 Å². The fourth-order valence-corrected chi connectivity index (χ4v) is 4.34. The average molecular weight is 407 g/mol. The number of likely N-dealkylation sites (tertiary alicyclic amines) is 1. The minimum atomic E-state index is -0.867. The summed E-state index contributed by atoms with van der Waals surface area (Å²) >= 11 is 0. The Balaban J connectivity index is 1.70. The van der Waals surface area contributed by atoms with Crippen LogP contribution in [0.1, 0.15) is 25.0 Å². The highest BCUT2D eigenvalue weighted by Crippen LogP contribution is 2.42. The van der Waals surface area contributed by atoms with Crippen LogP contribution in [0.2, 0.25) is 0 Å². The Morgan fingerprint density at radius 3 is 2.53 bits per heavy atom. The van der Waals surface area contributed by atoms with Crippen LogP contribution in [0.3, 0.4) is 0 Å². The van der Waals surface area contributed by atoms with E-state index >= 15 is 0 Å². The molecule has 0 saturated carbocycles. The van der Waals surface area contributed by atoms with Crippen molar-refractivity contribution in [2.75, 3.05) is 20.4 Å². The molecule has 2 aromatic carbocycles. The molecule has 1 saturated heterocycles. The molecule has 0 radical (unpaired) electrons. The van der Waals surface area contributed by atoms with Gasteiger partial charge in [-0.25, -0.2) is 0 Å². The van der Waals surface area contributed by atoms with Crippen molar-refractivity contribution in [1.82, 2.24) is 4.90 Å². The van der Waals surface area contributed by atoms with Gasteiger partial charge in [-0.05, 0) is 42.7 Å². The van der Waals surface area contributed by atoms with E-state index in [1.165, 1.54) is 7.11 Å². The molecule has 156 valence electrons. The summed E-state index contributed by atoms with van der Waals surface area (Å²) in [4.78, 5) is 27.6. The number of benzene rings is 2. The van der Waals surface area contributed by atoms with E-state index in [1.807, 2.05) is 62.4 Å². The van der Waals surface area contributed by atoms with Crippen molar-refractivity contribution < 1.29 is 23.8 Å². The Bertz CT molecular complexity index is 994. The van der Waals surface area contributed by atoms with Gasteiger partial charge in [0.2, 0.25) is 12.7 Å². The monoisotopic (exact) mass is 407 g/mol. The maximum Gasteiger partial charge on any atom is 0.318 e. The molecule has 2 aliphatic heterocycles. The maximum atomic E-state index is 13.2. The summed E-state index contributed by atoms with van der Waals surface area (Å²) in [6, 6.07) is 15.5. The Morgan fingerprint density at radius 1 is 1.10 bits per heavy atom. The molecular formula is C24H25NO5. The Morgan fingerprint density at radius 2 is 1.83 bits per heavy atom. The van der Waals surface area contributed by atoms with E-state index in [2.05, 4.69) is 0 Å². The van der Waals surface area contributed by atoms with Crippen molar-refractivity contribution in [3.05, 3.63) is 65.2 Å². The molecular weight excluding hydrogens is 382 g/mol. The summed E-state index contributed by atoms with van der Waals surface area (Å²) in [6.07, 6.45) is 0. The zero-order valence-corrected chi connectivity index (χ0v) is 17.4. The third-order valence-electron chi connectivity index (χ3n) is 5.66. The van der Waals surface area contributed by atoms with Crippen LogP contribution in [0.4, 0.5) is 0 Å². The van der Waals surface area contributed by atoms with Gasteiger partial charge in [-0.15, -0.1) is 0 Å². The highest BCUT2D eigenvalue weighted by atomic mass is 16.7. The number of esters is 1. The smallest absolute Gasteiger partial charge is 0.318 e. The summed E-state index contributed by atoms with van der Waals surface area (Å²) in [5, 5.41) is 0. The molecule has 0 bridgehead atoms. The molecule has 0 aliphatic carbocycles. The first-order valence-electron chi connectivity index (χ1n) is 9.97. The van der Waals surface area contributed by atoms with E-state index in [9.17, 15) is 9.59 Å². The molecule has 2 atom stereocenters. The van der Waals surface area contributed by atoms with Crippen molar-refractivity contribution >= 4 is 17.4 Å². The minimum Gasteiger partial charge on any atom is -0.468 e. The molecule has 30 heavy (non-hydrogen) atoms. The summed E-state index contributed by atoms with van der Waals surface area (Å²) in [7, 11) is 1.33. The van der Waals surface area contributed by atoms with Gasteiger partial charge in [0.25, 0.3) is 0 Å². The zero-order chi connectivity index (χ0) is 21.3. The molecule has 2 aromatic rings. The number of fused-ring (bicyclic) bond motifs is 1. The van der Waals surface area contributed by atoms with Crippen LogP contribution in [0.15, 0.2) is 54.1 Å². The van der Waals surface area contributed by atoms with Crippen LogP contribution >= 0.6 is 0 Å². The molecule has 0 unspecified atom stereocenters. The highest BCUT2D eigenvalue weighted by Gasteiger charge is 2.47. The lowest BCUT2D eigenvalue weighted by atomic mass is 9.82. The first kappa shape index (κ1) is 20.0. The molecule has 1 amide bonds. The van der Waals surface area contributed by atoms with Crippen molar-refractivity contribution in [2.24, 2.45) is 11.8 Å². The third-order valence-corrected chi connectivity index (χ3v) is 5.66. The number of rotatable bonds is 5. The third kappa shape index (κ3) is 3.65. The second-order valence-corrected chi connectivity index (χ2v) is 7.79. The van der Waals surface area contributed by atoms with Gasteiger partial charge in [0, 0.05) is 19.0 Å². The molecule has 0 aromatic heterocycles. The van der Waals surface area contributed by atoms with Gasteiger partial charge >= 0.3 is 5.97 Å². The summed E-state index contributed by atoms with van der Waals surface area (Å²) < 4.78 is 16.0. The van der Waals surface area contributed by atoms with E-state index in [0.717, 1.165) is 22.3 Å². The van der Waals surface area contributed by atoms with Gasteiger partial charge in [0.1, 0.15) is 5.92 Å². The molecule has 4 rings (SSSR count). The van der Waals surface area contributed by atoms with E-state index in [0.29, 0.717) is 24.6 Å². The van der Waals surface area contributed by atoms with Gasteiger partial charge in [-0.1, -0.05) is 42.0 Å². The van der Waals surface area contributed by atoms with Crippen LogP contribution in [-0.4, -0.2) is 37.2 Å². The molecule has 0 spiro atoms. The van der Waals surface area contributed by atoms with Crippen molar-refractivity contribution in [2.45, 2.75) is 20.4 Å². The predicted molar refractivity (Wildman–Crippen MR) is 112 cm³/mol. The number of hydrogen-bond acceptors (Lipinski definition) is 5. The van der Waals surface area contributed by atoms with Crippen LogP contribution < -0.4 is 9.47 Å². The zero-order valence-electron chi connectivity index (χ0n) is 17.4. The molecule has 6 nitrogen and oxygen atoms in total. The SMILES string of the molecule is COC(=O)[C@@H]1C(=O)N(Cc2ccccc2)C[C@H]1C(=C(C)C)c1ccc2c(c1)OCO2. The van der Waals surface area contributed by atoms with Gasteiger partial charge in [0.15, 0.2) is 11.5 Å². The summed E-state index contributed by atoms with van der Waals surface area (Å²) in [5.74, 6) is -0.501. The second-order valence-electron chi connectivity index (χ2n) is 7.79. The van der Waals surface area contributed by atoms with Crippen molar-refractivity contribution in [3.8, 4) is 11.5 Å². The van der Waals surface area contributed by atoms with E-state index in [1.54, 1.807) is 4.90 Å². The van der Waals surface area contributed by atoms with E-state index in [4.69, 9.17) is 14.2 Å². The normalized spacial score (nSPS) is 19.7. The minimum absolute atomic E-state index is 0.195. The van der Waals surface area contributed by atoms with E-state index < -0.39 is 11.9 Å². The predicted octanol–water partition coefficient (Wildman–Crippen LogP) is 3.66. The molecule has 2 heterocycles. The number of ether oxygens (including phenoxy) is 3. The standard InChI is InChI=1S/C24H25NO5/c1-15(2)21(17-9-10-19-20(11-17)30-14-29-19)18-13-25(12-16-7-5-4-6-8-16)23(26)22(18)24(27)28-3/h4-11,18,22H,12-14H2,1-3H3/t18-,22-/m0/s1. The highest BCUT2D eigenvalue weighted by molar-refractivity contribution is 6.02. The fraction of sp³-hybridized carbons (Fsp3) is 0.333. The largest absolute Gasteiger partial charge is 0.468 e. The number of carbonyl (C=O) groups excluding carboxylic acids is 2. The van der Waals surface area contributed by atoms with Crippen molar-refractivity contribution in [3.63, 3.8) is 0 Å². The number of carbonyl (C=O) groups is 2. The Hall–Kier alpha value is -3.28. The topological polar surface area (TPSA) is 65.1 Å². The second kappa shape index (κ2) is 8.22. The number of amides is 1. The summed E-state index contributed by atoms with van der Waals surface area (Å²) in [6.45, 7) is 5.10. The molecule has 6 heteroatoms. The van der Waals surface area contributed by atoms with Crippen molar-refractivity contribution in [1.29, 1.82) is 0 Å². The van der Waals surface area contributed by atoms with Crippen LogP contribution in [0, 0.1) is 11.8 Å². The van der Waals surface area contributed by atoms with Crippen LogP contribution in [0.25, 0.3) is 5.57 Å². The maximum absolute atomic E-state index is 13.2. The lowest BCUT2D eigenvalue weighted by molar-refractivity contribution is -0.151. The van der Waals surface area contributed by atoms with Gasteiger partial charge in [0.05, 0.1) is 7.11 Å². The average Bonchev–Trinajstić information content (AvgIpc) is 3.33. The number of nitrogens with zero attached hydrogens (tertiary/aromatic N) is 1. The fourth-order valence-electron chi connectivity index (χ4n) is 4.34.